The van der Waals surface area contributed by atoms with Gasteiger partial charge < -0.3 is 15.1 Å². The van der Waals surface area contributed by atoms with E-state index in [1.807, 2.05) is 32.0 Å². The van der Waals surface area contributed by atoms with Crippen LogP contribution in [-0.2, 0) is 4.79 Å². The van der Waals surface area contributed by atoms with Gasteiger partial charge >= 0.3 is 0 Å². The van der Waals surface area contributed by atoms with Crippen molar-refractivity contribution in [3.05, 3.63) is 35.7 Å². The molecule has 1 atom stereocenters. The molecular weight excluding hydrogens is 314 g/mol. The number of benzene rings is 1. The molecule has 1 aliphatic rings. The highest BCUT2D eigenvalue weighted by atomic mass is 16.3. The van der Waals surface area contributed by atoms with Gasteiger partial charge in [-0.1, -0.05) is 13.0 Å². The molecule has 2 heterocycles. The van der Waals surface area contributed by atoms with Gasteiger partial charge in [0.1, 0.15) is 6.26 Å². The van der Waals surface area contributed by atoms with Gasteiger partial charge in [-0.05, 0) is 69.3 Å². The Morgan fingerprint density at radius 3 is 2.80 bits per heavy atom. The molecule has 0 saturated carbocycles. The zero-order valence-electron chi connectivity index (χ0n) is 15.3. The first kappa shape index (κ1) is 17.7. The zero-order valence-corrected chi connectivity index (χ0v) is 15.3. The van der Waals surface area contributed by atoms with Crippen LogP contribution in [0.3, 0.4) is 0 Å². The minimum Gasteiger partial charge on any atom is -0.444 e. The van der Waals surface area contributed by atoms with Crippen LogP contribution >= 0.6 is 0 Å². The summed E-state index contributed by atoms with van der Waals surface area (Å²) >= 11 is 0. The van der Waals surface area contributed by atoms with E-state index in [0.29, 0.717) is 24.1 Å². The normalized spacial score (nSPS) is 16.6. The third-order valence-corrected chi connectivity index (χ3v) is 5.07. The van der Waals surface area contributed by atoms with E-state index in [2.05, 4.69) is 22.5 Å². The largest absolute Gasteiger partial charge is 0.444 e. The van der Waals surface area contributed by atoms with Crippen LogP contribution in [0.1, 0.15) is 37.4 Å². The van der Waals surface area contributed by atoms with E-state index >= 15 is 0 Å². The number of hydrogen-bond acceptors (Lipinski definition) is 4. The van der Waals surface area contributed by atoms with E-state index in [9.17, 15) is 4.79 Å². The standard InChI is InChI=1S/C20H27N3O2/c1-13-4-5-17(11-18(13)20-22-15(3)12-25-20)23-19(24)10-14(2)16-6-8-21-9-7-16/h4-5,11-12,14,16,21H,6-10H2,1-3H3,(H,23,24). The molecule has 0 aliphatic carbocycles. The second-order valence-electron chi connectivity index (χ2n) is 7.14. The van der Waals surface area contributed by atoms with Gasteiger partial charge in [0, 0.05) is 17.7 Å². The number of amides is 1. The molecule has 1 aromatic carbocycles. The van der Waals surface area contributed by atoms with Crippen LogP contribution in [0, 0.1) is 25.7 Å². The monoisotopic (exact) mass is 341 g/mol. The molecule has 25 heavy (non-hydrogen) atoms. The molecule has 1 unspecified atom stereocenters. The van der Waals surface area contributed by atoms with Gasteiger partial charge in [0.15, 0.2) is 0 Å². The summed E-state index contributed by atoms with van der Waals surface area (Å²) in [5.41, 5.74) is 3.62. The number of rotatable bonds is 5. The number of piperidine rings is 1. The molecule has 1 aromatic heterocycles. The van der Waals surface area contributed by atoms with Crippen molar-refractivity contribution >= 4 is 11.6 Å². The van der Waals surface area contributed by atoms with Crippen LogP contribution in [0.25, 0.3) is 11.5 Å². The first-order chi connectivity index (χ1) is 12.0. The van der Waals surface area contributed by atoms with E-state index in [1.165, 1.54) is 0 Å². The molecule has 2 aromatic rings. The van der Waals surface area contributed by atoms with Gasteiger partial charge in [0.05, 0.1) is 5.69 Å². The number of nitrogens with zero attached hydrogens (tertiary/aromatic N) is 1. The fraction of sp³-hybridized carbons (Fsp3) is 0.500. The average Bonchev–Trinajstić information content (AvgIpc) is 3.03. The quantitative estimate of drug-likeness (QED) is 0.865. The maximum atomic E-state index is 12.4. The first-order valence-electron chi connectivity index (χ1n) is 9.06. The lowest BCUT2D eigenvalue weighted by Gasteiger charge is -2.27. The van der Waals surface area contributed by atoms with Gasteiger partial charge in [-0.15, -0.1) is 0 Å². The van der Waals surface area contributed by atoms with E-state index in [-0.39, 0.29) is 5.91 Å². The first-order valence-corrected chi connectivity index (χ1v) is 9.06. The molecule has 3 rings (SSSR count). The minimum atomic E-state index is 0.0735. The molecule has 1 fully saturated rings. The minimum absolute atomic E-state index is 0.0735. The van der Waals surface area contributed by atoms with Crippen molar-refractivity contribution in [3.63, 3.8) is 0 Å². The van der Waals surface area contributed by atoms with Crippen molar-refractivity contribution in [2.24, 2.45) is 11.8 Å². The number of oxazole rings is 1. The van der Waals surface area contributed by atoms with Gasteiger partial charge in [-0.25, -0.2) is 4.98 Å². The lowest BCUT2D eigenvalue weighted by atomic mass is 9.84. The van der Waals surface area contributed by atoms with Crippen LogP contribution < -0.4 is 10.6 Å². The lowest BCUT2D eigenvalue weighted by molar-refractivity contribution is -0.117. The summed E-state index contributed by atoms with van der Waals surface area (Å²) in [5.74, 6) is 1.70. The highest BCUT2D eigenvalue weighted by Gasteiger charge is 2.22. The fourth-order valence-electron chi connectivity index (χ4n) is 3.49. The Balaban J connectivity index is 1.65. The maximum Gasteiger partial charge on any atom is 0.226 e. The highest BCUT2D eigenvalue weighted by molar-refractivity contribution is 5.91. The van der Waals surface area contributed by atoms with Crippen molar-refractivity contribution in [2.45, 2.75) is 40.0 Å². The fourth-order valence-corrected chi connectivity index (χ4v) is 3.49. The Labute approximate surface area is 149 Å². The summed E-state index contributed by atoms with van der Waals surface area (Å²) < 4.78 is 5.51. The Hall–Kier alpha value is -2.14. The summed E-state index contributed by atoms with van der Waals surface area (Å²) in [4.78, 5) is 16.8. The molecule has 5 nitrogen and oxygen atoms in total. The van der Waals surface area contributed by atoms with E-state index < -0.39 is 0 Å². The maximum absolute atomic E-state index is 12.4. The van der Waals surface area contributed by atoms with Crippen molar-refractivity contribution in [1.82, 2.24) is 10.3 Å². The summed E-state index contributed by atoms with van der Waals surface area (Å²) in [6, 6.07) is 5.86. The molecule has 5 heteroatoms. The molecule has 0 radical (unpaired) electrons. The molecule has 1 saturated heterocycles. The van der Waals surface area contributed by atoms with Gasteiger partial charge in [0.25, 0.3) is 0 Å². The Morgan fingerprint density at radius 1 is 1.36 bits per heavy atom. The summed E-state index contributed by atoms with van der Waals surface area (Å²) in [5, 5.41) is 6.41. The van der Waals surface area contributed by atoms with Crippen LogP contribution in [0.2, 0.25) is 0 Å². The molecule has 1 amide bonds. The predicted octanol–water partition coefficient (Wildman–Crippen LogP) is 3.92. The smallest absolute Gasteiger partial charge is 0.226 e. The molecule has 134 valence electrons. The topological polar surface area (TPSA) is 67.2 Å². The Kier molecular flexibility index (Phi) is 5.53. The second-order valence-corrected chi connectivity index (χ2v) is 7.14. The summed E-state index contributed by atoms with van der Waals surface area (Å²) in [6.07, 6.45) is 4.52. The predicted molar refractivity (Wildman–Crippen MR) is 99.4 cm³/mol. The number of aromatic nitrogens is 1. The van der Waals surface area contributed by atoms with Crippen molar-refractivity contribution < 1.29 is 9.21 Å². The summed E-state index contributed by atoms with van der Waals surface area (Å²) in [7, 11) is 0. The molecular formula is C20H27N3O2. The third kappa shape index (κ3) is 4.48. The number of carbonyl (C=O) groups is 1. The molecule has 2 N–H and O–H groups in total. The number of nitrogens with one attached hydrogen (secondary N) is 2. The SMILES string of the molecule is Cc1coc(-c2cc(NC(=O)CC(C)C3CCNCC3)ccc2C)n1. The Bertz CT molecular complexity index is 732. The molecule has 0 spiro atoms. The van der Waals surface area contributed by atoms with E-state index in [0.717, 1.165) is 48.4 Å². The van der Waals surface area contributed by atoms with Crippen LogP contribution in [0.15, 0.2) is 28.9 Å². The van der Waals surface area contributed by atoms with Gasteiger partial charge in [-0.2, -0.15) is 0 Å². The zero-order chi connectivity index (χ0) is 17.8. The van der Waals surface area contributed by atoms with Crippen molar-refractivity contribution in [3.8, 4) is 11.5 Å². The number of carbonyl (C=O) groups excluding carboxylic acids is 1. The van der Waals surface area contributed by atoms with Crippen molar-refractivity contribution in [2.75, 3.05) is 18.4 Å². The third-order valence-electron chi connectivity index (χ3n) is 5.07. The molecule has 0 bridgehead atoms. The van der Waals surface area contributed by atoms with E-state index in [1.54, 1.807) is 6.26 Å². The number of anilines is 1. The van der Waals surface area contributed by atoms with Crippen LogP contribution in [0.5, 0.6) is 0 Å². The van der Waals surface area contributed by atoms with Crippen LogP contribution in [0.4, 0.5) is 5.69 Å². The number of hydrogen-bond donors (Lipinski definition) is 2. The van der Waals surface area contributed by atoms with Crippen molar-refractivity contribution in [1.29, 1.82) is 0 Å². The number of aryl methyl sites for hydroxylation is 2. The summed E-state index contributed by atoms with van der Waals surface area (Å²) in [6.45, 7) is 8.22. The van der Waals surface area contributed by atoms with E-state index in [4.69, 9.17) is 4.42 Å². The van der Waals surface area contributed by atoms with Crippen LogP contribution in [-0.4, -0.2) is 24.0 Å². The average molecular weight is 341 g/mol. The highest BCUT2D eigenvalue weighted by Crippen LogP contribution is 2.27. The van der Waals surface area contributed by atoms with Gasteiger partial charge in [0.2, 0.25) is 11.8 Å². The lowest BCUT2D eigenvalue weighted by Crippen LogP contribution is -2.32. The van der Waals surface area contributed by atoms with Gasteiger partial charge in [-0.3, -0.25) is 4.79 Å². The Morgan fingerprint density at radius 2 is 2.12 bits per heavy atom. The molecule has 1 aliphatic heterocycles. The second kappa shape index (κ2) is 7.83.